The molecule has 1 aromatic rings. The lowest BCUT2D eigenvalue weighted by Crippen LogP contribution is -2.58. The standard InChI is InChI=1S/C22H36N6O4/c1-4-32-19-14-17(26(3)25-19)21(30)27-10-12-28(13-11-27)22(31)20(24-18(29)15-23-2)16-8-6-5-7-9-16/h14,16,20,23H,4-13,15H2,1-3H3,(H,24,29). The van der Waals surface area contributed by atoms with Gasteiger partial charge in [0, 0.05) is 39.3 Å². The molecular weight excluding hydrogens is 412 g/mol. The first-order chi connectivity index (χ1) is 15.4. The van der Waals surface area contributed by atoms with E-state index < -0.39 is 6.04 Å². The molecule has 2 fully saturated rings. The fourth-order valence-corrected chi connectivity index (χ4v) is 4.58. The van der Waals surface area contributed by atoms with E-state index in [0.29, 0.717) is 44.4 Å². The third-order valence-electron chi connectivity index (χ3n) is 6.29. The van der Waals surface area contributed by atoms with Crippen LogP contribution < -0.4 is 15.4 Å². The highest BCUT2D eigenvalue weighted by molar-refractivity contribution is 5.93. The lowest BCUT2D eigenvalue weighted by molar-refractivity contribution is -0.139. The summed E-state index contributed by atoms with van der Waals surface area (Å²) in [6, 6.07) is 1.16. The third-order valence-corrected chi connectivity index (χ3v) is 6.29. The molecule has 3 rings (SSSR count). The van der Waals surface area contributed by atoms with Crippen LogP contribution in [-0.4, -0.2) is 89.7 Å². The largest absolute Gasteiger partial charge is 0.477 e. The number of carbonyl (C=O) groups excluding carboxylic acids is 3. The van der Waals surface area contributed by atoms with E-state index in [1.54, 1.807) is 30.0 Å². The summed E-state index contributed by atoms with van der Waals surface area (Å²) in [6.45, 7) is 4.33. The Balaban J connectivity index is 1.62. The molecule has 1 unspecified atom stereocenters. The van der Waals surface area contributed by atoms with Crippen molar-refractivity contribution in [2.45, 2.75) is 45.1 Å². The second-order valence-electron chi connectivity index (χ2n) is 8.52. The van der Waals surface area contributed by atoms with E-state index in [2.05, 4.69) is 15.7 Å². The highest BCUT2D eigenvalue weighted by atomic mass is 16.5. The van der Waals surface area contributed by atoms with Crippen LogP contribution in [0.1, 0.15) is 49.5 Å². The maximum atomic E-state index is 13.4. The topological polar surface area (TPSA) is 109 Å². The van der Waals surface area contributed by atoms with Gasteiger partial charge in [-0.2, -0.15) is 0 Å². The molecule has 178 valence electrons. The summed E-state index contributed by atoms with van der Waals surface area (Å²) in [5.74, 6) is 0.284. The summed E-state index contributed by atoms with van der Waals surface area (Å²) in [5, 5.41) is 10.0. The van der Waals surface area contributed by atoms with Gasteiger partial charge < -0.3 is 25.2 Å². The first-order valence-corrected chi connectivity index (χ1v) is 11.6. The molecule has 32 heavy (non-hydrogen) atoms. The maximum Gasteiger partial charge on any atom is 0.272 e. The first kappa shape index (κ1) is 24.0. The fourth-order valence-electron chi connectivity index (χ4n) is 4.58. The predicted molar refractivity (Wildman–Crippen MR) is 119 cm³/mol. The fraction of sp³-hybridized carbons (Fsp3) is 0.727. The van der Waals surface area contributed by atoms with Gasteiger partial charge in [-0.15, -0.1) is 5.10 Å². The monoisotopic (exact) mass is 448 g/mol. The Morgan fingerprint density at radius 1 is 1.12 bits per heavy atom. The average molecular weight is 449 g/mol. The smallest absolute Gasteiger partial charge is 0.272 e. The summed E-state index contributed by atoms with van der Waals surface area (Å²) in [4.78, 5) is 42.1. The van der Waals surface area contributed by atoms with Crippen molar-refractivity contribution in [1.29, 1.82) is 0 Å². The third kappa shape index (κ3) is 5.79. The minimum Gasteiger partial charge on any atom is -0.477 e. The van der Waals surface area contributed by atoms with Crippen LogP contribution in [0.4, 0.5) is 0 Å². The second kappa shape index (κ2) is 11.3. The number of piperazine rings is 1. The number of aromatic nitrogens is 2. The van der Waals surface area contributed by atoms with Crippen molar-refractivity contribution >= 4 is 17.7 Å². The predicted octanol–water partition coefficient (Wildman–Crippen LogP) is 0.388. The minimum atomic E-state index is -0.496. The molecule has 1 aliphatic carbocycles. The van der Waals surface area contributed by atoms with Crippen LogP contribution in [-0.2, 0) is 16.6 Å². The molecule has 0 spiro atoms. The lowest BCUT2D eigenvalue weighted by atomic mass is 9.83. The van der Waals surface area contributed by atoms with Crippen molar-refractivity contribution < 1.29 is 19.1 Å². The number of rotatable bonds is 8. The number of hydrogen-bond acceptors (Lipinski definition) is 6. The molecule has 10 nitrogen and oxygen atoms in total. The van der Waals surface area contributed by atoms with E-state index in [0.717, 1.165) is 25.7 Å². The number of ether oxygens (including phenoxy) is 1. The van der Waals surface area contributed by atoms with Gasteiger partial charge in [-0.3, -0.25) is 19.1 Å². The first-order valence-electron chi connectivity index (χ1n) is 11.6. The Morgan fingerprint density at radius 2 is 1.78 bits per heavy atom. The van der Waals surface area contributed by atoms with Gasteiger partial charge >= 0.3 is 0 Å². The number of likely N-dealkylation sites (N-methyl/N-ethyl adjacent to an activating group) is 1. The number of nitrogens with zero attached hydrogens (tertiary/aromatic N) is 4. The van der Waals surface area contributed by atoms with E-state index in [1.165, 1.54) is 11.1 Å². The quantitative estimate of drug-likeness (QED) is 0.596. The van der Waals surface area contributed by atoms with E-state index in [4.69, 9.17) is 4.74 Å². The molecule has 2 N–H and O–H groups in total. The van der Waals surface area contributed by atoms with E-state index in [9.17, 15) is 14.4 Å². The Bertz CT molecular complexity index is 796. The number of carbonyl (C=O) groups is 3. The normalized spacial score (nSPS) is 18.3. The van der Waals surface area contributed by atoms with Gasteiger partial charge in [0.2, 0.25) is 17.7 Å². The van der Waals surface area contributed by atoms with Crippen molar-refractivity contribution in [3.8, 4) is 5.88 Å². The summed E-state index contributed by atoms with van der Waals surface area (Å²) in [6.07, 6.45) is 5.27. The molecule has 0 radical (unpaired) electrons. The van der Waals surface area contributed by atoms with E-state index >= 15 is 0 Å². The summed E-state index contributed by atoms with van der Waals surface area (Å²) in [7, 11) is 3.44. The average Bonchev–Trinajstić information content (AvgIpc) is 3.17. The van der Waals surface area contributed by atoms with Crippen molar-refractivity contribution in [2.24, 2.45) is 13.0 Å². The van der Waals surface area contributed by atoms with Crippen molar-refractivity contribution in [3.05, 3.63) is 11.8 Å². The van der Waals surface area contributed by atoms with Gasteiger partial charge in [0.1, 0.15) is 11.7 Å². The number of nitrogens with one attached hydrogen (secondary N) is 2. The van der Waals surface area contributed by atoms with Crippen LogP contribution in [0.2, 0.25) is 0 Å². The molecule has 0 bridgehead atoms. The highest BCUT2D eigenvalue weighted by Crippen LogP contribution is 2.28. The summed E-state index contributed by atoms with van der Waals surface area (Å²) >= 11 is 0. The molecular formula is C22H36N6O4. The highest BCUT2D eigenvalue weighted by Gasteiger charge is 2.35. The molecule has 0 aromatic carbocycles. The summed E-state index contributed by atoms with van der Waals surface area (Å²) in [5.41, 5.74) is 0.465. The summed E-state index contributed by atoms with van der Waals surface area (Å²) < 4.78 is 6.92. The Hall–Kier alpha value is -2.62. The molecule has 1 aromatic heterocycles. The van der Waals surface area contributed by atoms with Crippen molar-refractivity contribution in [1.82, 2.24) is 30.2 Å². The van der Waals surface area contributed by atoms with Crippen LogP contribution in [0.25, 0.3) is 0 Å². The van der Waals surface area contributed by atoms with Crippen molar-refractivity contribution in [3.63, 3.8) is 0 Å². The Kier molecular flexibility index (Phi) is 8.49. The van der Waals surface area contributed by atoms with Gasteiger partial charge in [-0.05, 0) is 32.7 Å². The molecule has 1 aliphatic heterocycles. The van der Waals surface area contributed by atoms with Crippen LogP contribution in [0.5, 0.6) is 5.88 Å². The second-order valence-corrected chi connectivity index (χ2v) is 8.52. The Labute approximate surface area is 189 Å². The van der Waals surface area contributed by atoms with Crippen LogP contribution in [0.15, 0.2) is 6.07 Å². The SMILES string of the molecule is CCOc1cc(C(=O)N2CCN(C(=O)C(NC(=O)CNC)C3CCCCC3)CC2)n(C)n1. The molecule has 1 saturated carbocycles. The van der Waals surface area contributed by atoms with E-state index in [1.807, 2.05) is 6.92 Å². The van der Waals surface area contributed by atoms with Crippen LogP contribution in [0.3, 0.4) is 0 Å². The molecule has 2 aliphatic rings. The lowest BCUT2D eigenvalue weighted by Gasteiger charge is -2.38. The van der Waals surface area contributed by atoms with Gasteiger partial charge in [0.25, 0.3) is 5.91 Å². The van der Waals surface area contributed by atoms with Gasteiger partial charge in [0.15, 0.2) is 0 Å². The molecule has 10 heteroatoms. The molecule has 1 saturated heterocycles. The van der Waals surface area contributed by atoms with Gasteiger partial charge in [0.05, 0.1) is 13.2 Å². The van der Waals surface area contributed by atoms with Crippen LogP contribution in [0, 0.1) is 5.92 Å². The van der Waals surface area contributed by atoms with Gasteiger partial charge in [-0.1, -0.05) is 19.3 Å². The zero-order chi connectivity index (χ0) is 23.1. The Morgan fingerprint density at radius 3 is 2.41 bits per heavy atom. The molecule has 1 atom stereocenters. The number of amides is 3. The maximum absolute atomic E-state index is 13.4. The number of aryl methyl sites for hydroxylation is 1. The molecule has 3 amide bonds. The van der Waals surface area contributed by atoms with Gasteiger partial charge in [-0.25, -0.2) is 0 Å². The molecule has 2 heterocycles. The van der Waals surface area contributed by atoms with Crippen LogP contribution >= 0.6 is 0 Å². The zero-order valence-electron chi connectivity index (χ0n) is 19.4. The van der Waals surface area contributed by atoms with E-state index in [-0.39, 0.29) is 30.2 Å². The number of hydrogen-bond donors (Lipinski definition) is 2. The minimum absolute atomic E-state index is 0.0346. The van der Waals surface area contributed by atoms with Crippen molar-refractivity contribution in [2.75, 3.05) is 46.4 Å². The zero-order valence-corrected chi connectivity index (χ0v) is 19.4.